The van der Waals surface area contributed by atoms with Crippen molar-refractivity contribution in [3.63, 3.8) is 0 Å². The third-order valence-corrected chi connectivity index (χ3v) is 2.95. The van der Waals surface area contributed by atoms with Crippen LogP contribution in [0.1, 0.15) is 19.5 Å². The highest BCUT2D eigenvalue weighted by Gasteiger charge is 2.10. The molecule has 0 fully saturated rings. The summed E-state index contributed by atoms with van der Waals surface area (Å²) in [6.07, 6.45) is 1.96. The molecule has 1 aromatic carbocycles. The van der Waals surface area contributed by atoms with Crippen molar-refractivity contribution < 1.29 is 24.2 Å². The molecule has 130 valence electrons. The second kappa shape index (κ2) is 8.78. The van der Waals surface area contributed by atoms with Gasteiger partial charge in [0.25, 0.3) is 0 Å². The summed E-state index contributed by atoms with van der Waals surface area (Å²) in [6, 6.07) is 4.79. The number of rotatable bonds is 5. The van der Waals surface area contributed by atoms with Crippen LogP contribution in [0.5, 0.6) is 0 Å². The topological polar surface area (TPSA) is 118 Å². The van der Waals surface area contributed by atoms with Gasteiger partial charge in [-0.1, -0.05) is 6.92 Å². The standard InChI is InChI=1S/C12H16FN3.C4H4O4/c1-3-11-10-5-4-9(13)6-12(10)16(15-11)7-8(2)14;5-3(6)1-2-4(7)8/h4-6,8H,3,7,14H2,1-2H3;1-2H,(H,5,6)(H,7,8)/t8-;/m0./s1. The van der Waals surface area contributed by atoms with E-state index in [1.807, 2.05) is 13.8 Å². The van der Waals surface area contributed by atoms with Gasteiger partial charge in [-0.25, -0.2) is 14.0 Å². The van der Waals surface area contributed by atoms with Crippen molar-refractivity contribution in [1.29, 1.82) is 0 Å². The Balaban J connectivity index is 0.000000307. The lowest BCUT2D eigenvalue weighted by Crippen LogP contribution is -2.22. The molecule has 7 nitrogen and oxygen atoms in total. The van der Waals surface area contributed by atoms with Crippen LogP contribution in [0.4, 0.5) is 4.39 Å². The van der Waals surface area contributed by atoms with Crippen LogP contribution < -0.4 is 5.73 Å². The molecular weight excluding hydrogens is 317 g/mol. The molecule has 0 amide bonds. The number of fused-ring (bicyclic) bond motifs is 1. The molecule has 0 unspecified atom stereocenters. The van der Waals surface area contributed by atoms with E-state index in [0.717, 1.165) is 23.0 Å². The molecule has 2 aromatic rings. The van der Waals surface area contributed by atoms with E-state index >= 15 is 0 Å². The number of nitrogens with two attached hydrogens (primary N) is 1. The maximum absolute atomic E-state index is 13.2. The number of hydrogen-bond acceptors (Lipinski definition) is 4. The molecule has 24 heavy (non-hydrogen) atoms. The molecule has 0 saturated carbocycles. The number of carboxylic acids is 2. The Labute approximate surface area is 138 Å². The quantitative estimate of drug-likeness (QED) is 0.716. The number of aryl methyl sites for hydroxylation is 1. The summed E-state index contributed by atoms with van der Waals surface area (Å²) in [5, 5.41) is 21.1. The van der Waals surface area contributed by atoms with Crippen LogP contribution >= 0.6 is 0 Å². The molecule has 8 heteroatoms. The molecule has 0 saturated heterocycles. The van der Waals surface area contributed by atoms with Gasteiger partial charge < -0.3 is 15.9 Å². The van der Waals surface area contributed by atoms with E-state index in [0.29, 0.717) is 18.7 Å². The largest absolute Gasteiger partial charge is 0.478 e. The number of benzene rings is 1. The molecule has 4 N–H and O–H groups in total. The second-order valence-electron chi connectivity index (χ2n) is 5.13. The van der Waals surface area contributed by atoms with E-state index in [4.69, 9.17) is 15.9 Å². The fourth-order valence-electron chi connectivity index (χ4n) is 2.03. The van der Waals surface area contributed by atoms with Gasteiger partial charge in [0.15, 0.2) is 0 Å². The van der Waals surface area contributed by atoms with Crippen molar-refractivity contribution in [1.82, 2.24) is 9.78 Å². The molecule has 0 aliphatic carbocycles. The summed E-state index contributed by atoms with van der Waals surface area (Å²) in [5.74, 6) is -2.75. The van der Waals surface area contributed by atoms with E-state index in [-0.39, 0.29) is 11.9 Å². The molecule has 1 heterocycles. The minimum atomic E-state index is -1.26. The zero-order chi connectivity index (χ0) is 18.3. The minimum absolute atomic E-state index is 0.0103. The van der Waals surface area contributed by atoms with Crippen LogP contribution in [-0.2, 0) is 22.6 Å². The Kier molecular flexibility index (Phi) is 7.06. The van der Waals surface area contributed by atoms with Crippen LogP contribution in [0.15, 0.2) is 30.4 Å². The number of halogens is 1. The predicted molar refractivity (Wildman–Crippen MR) is 87.1 cm³/mol. The average molecular weight is 337 g/mol. The van der Waals surface area contributed by atoms with Crippen molar-refractivity contribution in [3.05, 3.63) is 41.9 Å². The Morgan fingerprint density at radius 1 is 1.33 bits per heavy atom. The van der Waals surface area contributed by atoms with Gasteiger partial charge in [-0.2, -0.15) is 5.10 Å². The molecule has 0 aliphatic heterocycles. The van der Waals surface area contributed by atoms with Gasteiger partial charge >= 0.3 is 11.9 Å². The van der Waals surface area contributed by atoms with Gasteiger partial charge in [0.05, 0.1) is 17.8 Å². The monoisotopic (exact) mass is 337 g/mol. The molecule has 1 aromatic heterocycles. The minimum Gasteiger partial charge on any atom is -0.478 e. The molecule has 0 aliphatic rings. The highest BCUT2D eigenvalue weighted by atomic mass is 19.1. The summed E-state index contributed by atoms with van der Waals surface area (Å²) in [6.45, 7) is 4.57. The van der Waals surface area contributed by atoms with Gasteiger partial charge in [0, 0.05) is 23.6 Å². The van der Waals surface area contributed by atoms with E-state index in [2.05, 4.69) is 5.10 Å². The van der Waals surface area contributed by atoms with Crippen LogP contribution in [0, 0.1) is 5.82 Å². The van der Waals surface area contributed by atoms with Gasteiger partial charge in [-0.05, 0) is 31.5 Å². The number of nitrogens with zero attached hydrogens (tertiary/aromatic N) is 2. The number of carboxylic acid groups (broad SMARTS) is 2. The van der Waals surface area contributed by atoms with Gasteiger partial charge in [-0.3, -0.25) is 4.68 Å². The van der Waals surface area contributed by atoms with Crippen LogP contribution in [-0.4, -0.2) is 38.0 Å². The van der Waals surface area contributed by atoms with Crippen LogP contribution in [0.3, 0.4) is 0 Å². The molecular formula is C16H20FN3O4. The SMILES string of the molecule is CCc1nn(C[C@H](C)N)c2cc(F)ccc12.O=C(O)C=CC(=O)O. The first-order valence-electron chi connectivity index (χ1n) is 7.29. The van der Waals surface area contributed by atoms with Gasteiger partial charge in [-0.15, -0.1) is 0 Å². The van der Waals surface area contributed by atoms with E-state index in [9.17, 15) is 14.0 Å². The molecule has 0 spiro atoms. The van der Waals surface area contributed by atoms with Crippen molar-refractivity contribution >= 4 is 22.8 Å². The highest BCUT2D eigenvalue weighted by molar-refractivity contribution is 5.89. The second-order valence-corrected chi connectivity index (χ2v) is 5.13. The number of carbonyl (C=O) groups is 2. The van der Waals surface area contributed by atoms with E-state index < -0.39 is 11.9 Å². The van der Waals surface area contributed by atoms with E-state index in [1.54, 1.807) is 10.7 Å². The summed E-state index contributed by atoms with van der Waals surface area (Å²) < 4.78 is 15.0. The number of hydrogen-bond donors (Lipinski definition) is 3. The summed E-state index contributed by atoms with van der Waals surface area (Å²) >= 11 is 0. The first-order valence-corrected chi connectivity index (χ1v) is 7.29. The van der Waals surface area contributed by atoms with Crippen LogP contribution in [0.2, 0.25) is 0 Å². The smallest absolute Gasteiger partial charge is 0.328 e. The third kappa shape index (κ3) is 5.81. The normalized spacial score (nSPS) is 12.0. The highest BCUT2D eigenvalue weighted by Crippen LogP contribution is 2.20. The summed E-state index contributed by atoms with van der Waals surface area (Å²) in [5.41, 5.74) is 7.57. The number of aliphatic carboxylic acids is 2. The van der Waals surface area contributed by atoms with Gasteiger partial charge in [0.2, 0.25) is 0 Å². The molecule has 2 rings (SSSR count). The Morgan fingerprint density at radius 2 is 1.92 bits per heavy atom. The Morgan fingerprint density at radius 3 is 2.38 bits per heavy atom. The van der Waals surface area contributed by atoms with Crippen molar-refractivity contribution in [2.45, 2.75) is 32.9 Å². The van der Waals surface area contributed by atoms with Crippen molar-refractivity contribution in [2.24, 2.45) is 5.73 Å². The van der Waals surface area contributed by atoms with Crippen molar-refractivity contribution in [3.8, 4) is 0 Å². The first kappa shape index (κ1) is 19.3. The summed E-state index contributed by atoms with van der Waals surface area (Å²) in [7, 11) is 0. The van der Waals surface area contributed by atoms with E-state index in [1.165, 1.54) is 12.1 Å². The zero-order valence-electron chi connectivity index (χ0n) is 13.4. The third-order valence-electron chi connectivity index (χ3n) is 2.95. The Hall–Kier alpha value is -2.74. The number of aromatic nitrogens is 2. The van der Waals surface area contributed by atoms with Crippen molar-refractivity contribution in [2.75, 3.05) is 0 Å². The molecule has 0 bridgehead atoms. The maximum atomic E-state index is 13.2. The lowest BCUT2D eigenvalue weighted by atomic mass is 10.2. The first-order chi connectivity index (χ1) is 11.2. The fourth-order valence-corrected chi connectivity index (χ4v) is 2.03. The predicted octanol–water partition coefficient (Wildman–Crippen LogP) is 1.80. The molecule has 0 radical (unpaired) electrons. The maximum Gasteiger partial charge on any atom is 0.328 e. The Bertz CT molecular complexity index is 737. The van der Waals surface area contributed by atoms with Crippen LogP contribution in [0.25, 0.3) is 10.9 Å². The molecule has 1 atom stereocenters. The van der Waals surface area contributed by atoms with Gasteiger partial charge in [0.1, 0.15) is 5.82 Å². The lowest BCUT2D eigenvalue weighted by Gasteiger charge is -2.06. The lowest BCUT2D eigenvalue weighted by molar-refractivity contribution is -0.134. The average Bonchev–Trinajstić information content (AvgIpc) is 2.82. The zero-order valence-corrected chi connectivity index (χ0v) is 13.4. The fraction of sp³-hybridized carbons (Fsp3) is 0.312. The summed E-state index contributed by atoms with van der Waals surface area (Å²) in [4.78, 5) is 19.1.